The molecule has 3 rings (SSSR count). The molecule has 7 heteroatoms. The highest BCUT2D eigenvalue weighted by molar-refractivity contribution is 6.39. The Balaban J connectivity index is 2.08. The Hall–Kier alpha value is -2.08. The van der Waals surface area contributed by atoms with Gasteiger partial charge in [0.1, 0.15) is 5.82 Å². The zero-order valence-corrected chi connectivity index (χ0v) is 14.4. The van der Waals surface area contributed by atoms with Crippen LogP contribution in [0.3, 0.4) is 0 Å². The molecule has 1 unspecified atom stereocenters. The normalized spacial score (nSPS) is 12.5. The van der Waals surface area contributed by atoms with E-state index in [0.717, 1.165) is 11.0 Å². The maximum absolute atomic E-state index is 11.6. The second kappa shape index (κ2) is 6.81. The summed E-state index contributed by atoms with van der Waals surface area (Å²) in [5.74, 6) is 0.0230. The zero-order chi connectivity index (χ0) is 17.3. The number of amides is 1. The molecule has 1 amide bonds. The third-order valence-electron chi connectivity index (χ3n) is 3.60. The van der Waals surface area contributed by atoms with E-state index in [2.05, 4.69) is 9.97 Å². The molecule has 0 aliphatic rings. The molecule has 24 heavy (non-hydrogen) atoms. The van der Waals surface area contributed by atoms with Crippen molar-refractivity contribution in [3.8, 4) is 11.4 Å². The van der Waals surface area contributed by atoms with Crippen molar-refractivity contribution in [2.45, 2.75) is 13.0 Å². The molecule has 0 aliphatic carbocycles. The standard InChI is InChI=1S/C17H15Cl2N3O2/c1-2-24-15(16(20)23)9-6-7-12-13(8-9)22-17(21-12)14-10(18)4-3-5-11(14)19/h3-8,15H,2H2,1H3,(H2,20,23)(H,21,22). The van der Waals surface area contributed by atoms with Gasteiger partial charge in [-0.25, -0.2) is 4.98 Å². The largest absolute Gasteiger partial charge is 0.367 e. The van der Waals surface area contributed by atoms with Crippen LogP contribution in [0.5, 0.6) is 0 Å². The summed E-state index contributed by atoms with van der Waals surface area (Å²) in [5, 5.41) is 1.01. The molecular weight excluding hydrogens is 349 g/mol. The number of fused-ring (bicyclic) bond motifs is 1. The Morgan fingerprint density at radius 3 is 2.62 bits per heavy atom. The van der Waals surface area contributed by atoms with Gasteiger partial charge >= 0.3 is 0 Å². The van der Waals surface area contributed by atoms with E-state index in [0.29, 0.717) is 33.6 Å². The van der Waals surface area contributed by atoms with Gasteiger partial charge in [-0.2, -0.15) is 0 Å². The van der Waals surface area contributed by atoms with E-state index in [1.165, 1.54) is 0 Å². The molecule has 0 radical (unpaired) electrons. The van der Waals surface area contributed by atoms with Crippen molar-refractivity contribution in [3.63, 3.8) is 0 Å². The molecule has 0 saturated heterocycles. The molecule has 1 atom stereocenters. The van der Waals surface area contributed by atoms with E-state index in [1.807, 2.05) is 6.92 Å². The van der Waals surface area contributed by atoms with Crippen LogP contribution >= 0.6 is 23.2 Å². The van der Waals surface area contributed by atoms with Gasteiger partial charge in [-0.3, -0.25) is 4.79 Å². The van der Waals surface area contributed by atoms with Gasteiger partial charge in [0.2, 0.25) is 0 Å². The Morgan fingerprint density at radius 2 is 2.00 bits per heavy atom. The predicted molar refractivity (Wildman–Crippen MR) is 95.1 cm³/mol. The third-order valence-corrected chi connectivity index (χ3v) is 4.23. The highest BCUT2D eigenvalue weighted by Crippen LogP contribution is 2.34. The molecule has 0 aliphatic heterocycles. The molecule has 3 aromatic rings. The van der Waals surface area contributed by atoms with E-state index in [1.54, 1.807) is 36.4 Å². The molecule has 1 heterocycles. The average Bonchev–Trinajstić information content (AvgIpc) is 2.94. The predicted octanol–water partition coefficient (Wildman–Crippen LogP) is 4.10. The smallest absolute Gasteiger partial charge is 0.251 e. The van der Waals surface area contributed by atoms with Crippen molar-refractivity contribution in [1.82, 2.24) is 9.97 Å². The number of halogens is 2. The molecule has 5 nitrogen and oxygen atoms in total. The first-order valence-electron chi connectivity index (χ1n) is 7.36. The lowest BCUT2D eigenvalue weighted by molar-refractivity contribution is -0.129. The topological polar surface area (TPSA) is 81.0 Å². The van der Waals surface area contributed by atoms with Crippen molar-refractivity contribution in [3.05, 3.63) is 52.0 Å². The molecule has 0 spiro atoms. The SMILES string of the molecule is CCOC(C(N)=O)c1ccc2nc(-c3c(Cl)cccc3Cl)[nH]c2c1. The summed E-state index contributed by atoms with van der Waals surface area (Å²) < 4.78 is 5.42. The van der Waals surface area contributed by atoms with Crippen LogP contribution in [-0.2, 0) is 9.53 Å². The Kier molecular flexibility index (Phi) is 4.76. The number of carbonyl (C=O) groups excluding carboxylic acids is 1. The lowest BCUT2D eigenvalue weighted by Crippen LogP contribution is -2.23. The number of primary amides is 1. The molecule has 0 saturated carbocycles. The first-order chi connectivity index (χ1) is 11.5. The first-order valence-corrected chi connectivity index (χ1v) is 8.11. The lowest BCUT2D eigenvalue weighted by Gasteiger charge is -2.13. The summed E-state index contributed by atoms with van der Waals surface area (Å²) in [7, 11) is 0. The number of rotatable bonds is 5. The van der Waals surface area contributed by atoms with Crippen LogP contribution in [-0.4, -0.2) is 22.5 Å². The van der Waals surface area contributed by atoms with E-state index >= 15 is 0 Å². The molecule has 0 fully saturated rings. The number of benzene rings is 2. The summed E-state index contributed by atoms with van der Waals surface area (Å²) in [6.45, 7) is 2.19. The van der Waals surface area contributed by atoms with Gasteiger partial charge in [-0.1, -0.05) is 35.3 Å². The number of imidazole rings is 1. The highest BCUT2D eigenvalue weighted by Gasteiger charge is 2.19. The van der Waals surface area contributed by atoms with Crippen molar-refractivity contribution in [2.24, 2.45) is 5.73 Å². The average molecular weight is 364 g/mol. The summed E-state index contributed by atoms with van der Waals surface area (Å²) >= 11 is 12.5. The van der Waals surface area contributed by atoms with Gasteiger partial charge in [0.25, 0.3) is 5.91 Å². The van der Waals surface area contributed by atoms with Crippen LogP contribution in [0.25, 0.3) is 22.4 Å². The number of aromatic nitrogens is 2. The van der Waals surface area contributed by atoms with Crippen LogP contribution in [0.15, 0.2) is 36.4 Å². The summed E-state index contributed by atoms with van der Waals surface area (Å²) in [6, 6.07) is 10.6. The maximum Gasteiger partial charge on any atom is 0.251 e. The van der Waals surface area contributed by atoms with E-state index in [-0.39, 0.29) is 0 Å². The van der Waals surface area contributed by atoms with Crippen molar-refractivity contribution >= 4 is 40.1 Å². The van der Waals surface area contributed by atoms with Crippen LogP contribution in [0.4, 0.5) is 0 Å². The molecular formula is C17H15Cl2N3O2. The van der Waals surface area contributed by atoms with Crippen molar-refractivity contribution < 1.29 is 9.53 Å². The number of ether oxygens (including phenoxy) is 1. The third kappa shape index (κ3) is 3.11. The zero-order valence-electron chi connectivity index (χ0n) is 12.8. The van der Waals surface area contributed by atoms with Gasteiger partial charge in [0.15, 0.2) is 6.10 Å². The van der Waals surface area contributed by atoms with Crippen molar-refractivity contribution in [2.75, 3.05) is 6.61 Å². The summed E-state index contributed by atoms with van der Waals surface area (Å²) in [5.41, 5.74) is 8.18. The minimum absolute atomic E-state index is 0.384. The Morgan fingerprint density at radius 1 is 1.29 bits per heavy atom. The van der Waals surface area contributed by atoms with Gasteiger partial charge in [-0.15, -0.1) is 0 Å². The van der Waals surface area contributed by atoms with Crippen LogP contribution < -0.4 is 5.73 Å². The quantitative estimate of drug-likeness (QED) is 0.715. The fourth-order valence-corrected chi connectivity index (χ4v) is 3.12. The van der Waals surface area contributed by atoms with Crippen LogP contribution in [0.2, 0.25) is 10.0 Å². The summed E-state index contributed by atoms with van der Waals surface area (Å²) in [6.07, 6.45) is -0.796. The van der Waals surface area contributed by atoms with Crippen molar-refractivity contribution in [1.29, 1.82) is 0 Å². The minimum atomic E-state index is -0.796. The maximum atomic E-state index is 11.6. The number of hydrogen-bond donors (Lipinski definition) is 2. The lowest BCUT2D eigenvalue weighted by atomic mass is 10.1. The second-order valence-electron chi connectivity index (χ2n) is 5.20. The molecule has 0 bridgehead atoms. The first kappa shape index (κ1) is 16.8. The van der Waals surface area contributed by atoms with E-state index in [9.17, 15) is 4.79 Å². The molecule has 3 N–H and O–H groups in total. The molecule has 2 aromatic carbocycles. The van der Waals surface area contributed by atoms with Gasteiger partial charge in [0.05, 0.1) is 26.6 Å². The number of nitrogens with zero attached hydrogens (tertiary/aromatic N) is 1. The Labute approximate surface area is 148 Å². The fourth-order valence-electron chi connectivity index (χ4n) is 2.54. The number of nitrogens with two attached hydrogens (primary N) is 1. The van der Waals surface area contributed by atoms with Crippen LogP contribution in [0.1, 0.15) is 18.6 Å². The number of H-pyrrole nitrogens is 1. The number of hydrogen-bond acceptors (Lipinski definition) is 3. The highest BCUT2D eigenvalue weighted by atomic mass is 35.5. The van der Waals surface area contributed by atoms with E-state index < -0.39 is 12.0 Å². The summed E-state index contributed by atoms with van der Waals surface area (Å²) in [4.78, 5) is 19.3. The second-order valence-corrected chi connectivity index (χ2v) is 6.01. The molecule has 1 aromatic heterocycles. The van der Waals surface area contributed by atoms with Gasteiger partial charge < -0.3 is 15.5 Å². The van der Waals surface area contributed by atoms with Crippen LogP contribution in [0, 0.1) is 0 Å². The van der Waals surface area contributed by atoms with E-state index in [4.69, 9.17) is 33.7 Å². The minimum Gasteiger partial charge on any atom is -0.367 e. The Bertz CT molecular complexity index is 888. The number of carbonyl (C=O) groups is 1. The monoisotopic (exact) mass is 363 g/mol. The fraction of sp³-hybridized carbons (Fsp3) is 0.176. The molecule has 124 valence electrons. The van der Waals surface area contributed by atoms with Gasteiger partial charge in [-0.05, 0) is 36.8 Å². The van der Waals surface area contributed by atoms with Gasteiger partial charge in [0, 0.05) is 6.61 Å². The number of nitrogens with one attached hydrogen (secondary N) is 1. The number of aromatic amines is 1.